The molecule has 0 saturated heterocycles. The van der Waals surface area contributed by atoms with Gasteiger partial charge in [-0.25, -0.2) is 14.6 Å². The van der Waals surface area contributed by atoms with E-state index in [0.717, 1.165) is 16.5 Å². The van der Waals surface area contributed by atoms with Crippen molar-refractivity contribution in [3.05, 3.63) is 54.0 Å². The van der Waals surface area contributed by atoms with Gasteiger partial charge in [-0.15, -0.1) is 5.10 Å². The summed E-state index contributed by atoms with van der Waals surface area (Å²) in [5.74, 6) is -0.672. The predicted molar refractivity (Wildman–Crippen MR) is 90.1 cm³/mol. The maximum absolute atomic E-state index is 11.3. The minimum absolute atomic E-state index is 0.284. The number of carbonyl (C=O) groups is 1. The van der Waals surface area contributed by atoms with Gasteiger partial charge in [0.15, 0.2) is 5.65 Å². The fourth-order valence-corrected chi connectivity index (χ4v) is 2.57. The molecule has 0 bridgehead atoms. The highest BCUT2D eigenvalue weighted by molar-refractivity contribution is 5.81. The largest absolute Gasteiger partial charge is 0.368 e. The van der Waals surface area contributed by atoms with Crippen LogP contribution < -0.4 is 11.5 Å². The molecule has 1 amide bonds. The summed E-state index contributed by atoms with van der Waals surface area (Å²) >= 11 is 0. The van der Waals surface area contributed by atoms with E-state index in [9.17, 15) is 4.79 Å². The molecule has 3 aromatic heterocycles. The Labute approximate surface area is 141 Å². The molecule has 1 aromatic carbocycles. The summed E-state index contributed by atoms with van der Waals surface area (Å²) in [6, 6.07) is 8.81. The molecule has 9 heteroatoms. The maximum Gasteiger partial charge on any atom is 0.240 e. The molecule has 4 aromatic rings. The number of pyridine rings is 1. The lowest BCUT2D eigenvalue weighted by Gasteiger charge is -2.07. The molecule has 0 aliphatic carbocycles. The summed E-state index contributed by atoms with van der Waals surface area (Å²) in [5, 5.41) is 9.11. The van der Waals surface area contributed by atoms with Gasteiger partial charge in [-0.05, 0) is 23.8 Å². The number of aromatic nitrogens is 6. The number of hydrogen-bond acceptors (Lipinski definition) is 7. The third kappa shape index (κ3) is 2.76. The van der Waals surface area contributed by atoms with Crippen LogP contribution in [0.1, 0.15) is 17.3 Å². The van der Waals surface area contributed by atoms with E-state index in [1.807, 2.05) is 30.3 Å². The second-order valence-electron chi connectivity index (χ2n) is 5.60. The zero-order chi connectivity index (χ0) is 17.4. The molecular formula is C16H14N8O. The maximum atomic E-state index is 11.3. The van der Waals surface area contributed by atoms with Crippen molar-refractivity contribution < 1.29 is 4.79 Å². The molecule has 4 N–H and O–H groups in total. The molecular weight excluding hydrogens is 320 g/mol. The highest BCUT2D eigenvalue weighted by Gasteiger charge is 2.17. The molecule has 0 aliphatic heterocycles. The second kappa shape index (κ2) is 5.87. The number of benzene rings is 1. The number of rotatable bonds is 4. The van der Waals surface area contributed by atoms with Gasteiger partial charge >= 0.3 is 0 Å². The van der Waals surface area contributed by atoms with Gasteiger partial charge in [-0.3, -0.25) is 9.78 Å². The van der Waals surface area contributed by atoms with E-state index in [1.165, 1.54) is 6.20 Å². The first kappa shape index (κ1) is 15.1. The molecule has 3 heterocycles. The summed E-state index contributed by atoms with van der Waals surface area (Å²) in [4.78, 5) is 24.1. The minimum atomic E-state index is -1.02. The van der Waals surface area contributed by atoms with Crippen LogP contribution in [0.25, 0.3) is 22.2 Å². The summed E-state index contributed by atoms with van der Waals surface area (Å²) < 4.78 is 1.61. The molecule has 1 unspecified atom stereocenters. The van der Waals surface area contributed by atoms with Crippen molar-refractivity contribution in [2.24, 2.45) is 11.5 Å². The van der Waals surface area contributed by atoms with Crippen LogP contribution in [0, 0.1) is 0 Å². The van der Waals surface area contributed by atoms with Crippen molar-refractivity contribution in [3.8, 4) is 0 Å². The standard InChI is InChI=1S/C16H14N8O/c17-13(14(18)25)12-7-20-15-16(21-12)24(23-22-15)8-9-3-4-11-10(6-9)2-1-5-19-11/h1-7,13H,8,17H2,(H2,18,25). The zero-order valence-electron chi connectivity index (χ0n) is 13.1. The van der Waals surface area contributed by atoms with Crippen LogP contribution in [0.15, 0.2) is 42.7 Å². The van der Waals surface area contributed by atoms with Gasteiger partial charge < -0.3 is 11.5 Å². The van der Waals surface area contributed by atoms with Gasteiger partial charge in [0.2, 0.25) is 11.6 Å². The first-order chi connectivity index (χ1) is 12.1. The van der Waals surface area contributed by atoms with E-state index in [1.54, 1.807) is 10.9 Å². The molecule has 0 radical (unpaired) electrons. The Kier molecular flexibility index (Phi) is 3.55. The quantitative estimate of drug-likeness (QED) is 0.547. The van der Waals surface area contributed by atoms with Crippen LogP contribution in [0.3, 0.4) is 0 Å². The van der Waals surface area contributed by atoms with Crippen LogP contribution in [-0.2, 0) is 11.3 Å². The zero-order valence-corrected chi connectivity index (χ0v) is 13.1. The summed E-state index contributed by atoms with van der Waals surface area (Å²) in [6.45, 7) is 0.450. The number of nitrogens with two attached hydrogens (primary N) is 2. The van der Waals surface area contributed by atoms with Crippen LogP contribution in [0.5, 0.6) is 0 Å². The molecule has 0 aliphatic rings. The average molecular weight is 334 g/mol. The molecule has 4 rings (SSSR count). The molecule has 25 heavy (non-hydrogen) atoms. The van der Waals surface area contributed by atoms with Gasteiger partial charge in [0, 0.05) is 11.6 Å². The van der Waals surface area contributed by atoms with Crippen LogP contribution in [0.4, 0.5) is 0 Å². The number of amides is 1. The first-order valence-electron chi connectivity index (χ1n) is 7.56. The van der Waals surface area contributed by atoms with E-state index < -0.39 is 11.9 Å². The smallest absolute Gasteiger partial charge is 0.240 e. The Morgan fingerprint density at radius 3 is 2.96 bits per heavy atom. The summed E-state index contributed by atoms with van der Waals surface area (Å²) in [7, 11) is 0. The fraction of sp³-hybridized carbons (Fsp3) is 0.125. The Hall–Kier alpha value is -3.46. The number of carbonyl (C=O) groups excluding carboxylic acids is 1. The topological polar surface area (TPSA) is 138 Å². The van der Waals surface area contributed by atoms with Gasteiger partial charge in [-0.1, -0.05) is 17.3 Å². The SMILES string of the molecule is NC(=O)C(N)c1cnc2nnn(Cc3ccc4ncccc4c3)c2n1. The van der Waals surface area contributed by atoms with E-state index >= 15 is 0 Å². The Balaban J connectivity index is 1.72. The average Bonchev–Trinajstić information content (AvgIpc) is 3.03. The van der Waals surface area contributed by atoms with Crippen LogP contribution in [-0.4, -0.2) is 35.9 Å². The number of hydrogen-bond donors (Lipinski definition) is 2. The molecule has 0 saturated carbocycles. The molecule has 0 spiro atoms. The summed E-state index contributed by atoms with van der Waals surface area (Å²) in [6.07, 6.45) is 3.14. The molecule has 9 nitrogen and oxygen atoms in total. The van der Waals surface area contributed by atoms with E-state index in [-0.39, 0.29) is 5.69 Å². The van der Waals surface area contributed by atoms with E-state index in [2.05, 4.69) is 25.3 Å². The molecule has 1 atom stereocenters. The predicted octanol–water partition coefficient (Wildman–Crippen LogP) is 0.303. The van der Waals surface area contributed by atoms with Crippen molar-refractivity contribution in [1.29, 1.82) is 0 Å². The monoisotopic (exact) mass is 334 g/mol. The van der Waals surface area contributed by atoms with Gasteiger partial charge in [0.25, 0.3) is 0 Å². The van der Waals surface area contributed by atoms with Crippen molar-refractivity contribution >= 4 is 28.1 Å². The van der Waals surface area contributed by atoms with Crippen molar-refractivity contribution in [2.45, 2.75) is 12.6 Å². The van der Waals surface area contributed by atoms with Gasteiger partial charge in [-0.2, -0.15) is 0 Å². The minimum Gasteiger partial charge on any atom is -0.368 e. The Morgan fingerprint density at radius 1 is 1.24 bits per heavy atom. The third-order valence-corrected chi connectivity index (χ3v) is 3.87. The normalized spacial score (nSPS) is 12.5. The van der Waals surface area contributed by atoms with Gasteiger partial charge in [0.1, 0.15) is 6.04 Å². The number of primary amides is 1. The highest BCUT2D eigenvalue weighted by Crippen LogP contribution is 2.16. The Morgan fingerprint density at radius 2 is 2.12 bits per heavy atom. The second-order valence-corrected chi connectivity index (χ2v) is 5.60. The lowest BCUT2D eigenvalue weighted by atomic mass is 10.1. The number of fused-ring (bicyclic) bond motifs is 2. The number of nitrogens with zero attached hydrogens (tertiary/aromatic N) is 6. The third-order valence-electron chi connectivity index (χ3n) is 3.87. The van der Waals surface area contributed by atoms with Crippen molar-refractivity contribution in [1.82, 2.24) is 29.9 Å². The van der Waals surface area contributed by atoms with Crippen molar-refractivity contribution in [3.63, 3.8) is 0 Å². The van der Waals surface area contributed by atoms with E-state index in [4.69, 9.17) is 11.5 Å². The molecule has 124 valence electrons. The highest BCUT2D eigenvalue weighted by atomic mass is 16.1. The van der Waals surface area contributed by atoms with Gasteiger partial charge in [0.05, 0.1) is 24.0 Å². The van der Waals surface area contributed by atoms with Crippen LogP contribution >= 0.6 is 0 Å². The van der Waals surface area contributed by atoms with Crippen molar-refractivity contribution in [2.75, 3.05) is 0 Å². The van der Waals surface area contributed by atoms with Crippen LogP contribution in [0.2, 0.25) is 0 Å². The fourth-order valence-electron chi connectivity index (χ4n) is 2.57. The molecule has 0 fully saturated rings. The first-order valence-corrected chi connectivity index (χ1v) is 7.56. The lowest BCUT2D eigenvalue weighted by Crippen LogP contribution is -2.29. The lowest BCUT2D eigenvalue weighted by molar-refractivity contribution is -0.119. The summed E-state index contributed by atoms with van der Waals surface area (Å²) in [5.41, 5.74) is 14.0. The van der Waals surface area contributed by atoms with E-state index in [0.29, 0.717) is 17.8 Å². The Bertz CT molecular complexity index is 1090.